The van der Waals surface area contributed by atoms with Crippen molar-refractivity contribution < 1.29 is 14.3 Å². The number of nitrogens with one attached hydrogen (secondary N) is 2. The van der Waals surface area contributed by atoms with E-state index in [9.17, 15) is 4.79 Å². The number of hydrogen-bond acceptors (Lipinski definition) is 4. The molecule has 0 heterocycles. The molecule has 0 saturated heterocycles. The average molecular weight is 346 g/mol. The van der Waals surface area contributed by atoms with Gasteiger partial charge in [-0.15, -0.1) is 0 Å². The first-order valence-electron chi connectivity index (χ1n) is 9.27. The van der Waals surface area contributed by atoms with Gasteiger partial charge in [-0.25, -0.2) is 0 Å². The summed E-state index contributed by atoms with van der Waals surface area (Å²) < 4.78 is 10.8. The zero-order chi connectivity index (χ0) is 17.7. The molecule has 138 valence electrons. The van der Waals surface area contributed by atoms with Crippen LogP contribution < -0.4 is 15.4 Å². The first-order valence-corrected chi connectivity index (χ1v) is 9.27. The van der Waals surface area contributed by atoms with Gasteiger partial charge in [0.25, 0.3) is 0 Å². The number of hydrogen-bond donors (Lipinski definition) is 2. The van der Waals surface area contributed by atoms with Gasteiger partial charge in [0.1, 0.15) is 12.4 Å². The van der Waals surface area contributed by atoms with Crippen molar-refractivity contribution in [2.75, 3.05) is 38.2 Å². The normalized spacial score (nSPS) is 13.9. The summed E-state index contributed by atoms with van der Waals surface area (Å²) in [7, 11) is 0. The fourth-order valence-electron chi connectivity index (χ4n) is 2.77. The Balaban J connectivity index is 1.59. The minimum Gasteiger partial charge on any atom is -0.491 e. The fraction of sp³-hybridized carbons (Fsp3) is 0.550. The molecule has 1 aliphatic carbocycles. The molecule has 0 aromatic heterocycles. The predicted octanol–water partition coefficient (Wildman–Crippen LogP) is 3.52. The lowest BCUT2D eigenvalue weighted by Crippen LogP contribution is -2.30. The molecular weight excluding hydrogens is 316 g/mol. The van der Waals surface area contributed by atoms with Gasteiger partial charge in [0.2, 0.25) is 5.91 Å². The lowest BCUT2D eigenvalue weighted by Gasteiger charge is -2.13. The summed E-state index contributed by atoms with van der Waals surface area (Å²) in [6.45, 7) is 4.80. The highest BCUT2D eigenvalue weighted by molar-refractivity contribution is 5.80. The van der Waals surface area contributed by atoms with Crippen molar-refractivity contribution in [1.29, 1.82) is 0 Å². The summed E-state index contributed by atoms with van der Waals surface area (Å²) in [4.78, 5) is 11.9. The van der Waals surface area contributed by atoms with E-state index in [-0.39, 0.29) is 12.5 Å². The van der Waals surface area contributed by atoms with Crippen LogP contribution in [-0.4, -0.2) is 38.8 Å². The number of allylic oxidation sites excluding steroid dienone is 1. The largest absolute Gasteiger partial charge is 0.491 e. The van der Waals surface area contributed by atoms with Crippen LogP contribution in [0.5, 0.6) is 5.75 Å². The molecule has 0 saturated carbocycles. The third-order valence-electron chi connectivity index (χ3n) is 4.16. The Kier molecular flexibility index (Phi) is 8.91. The summed E-state index contributed by atoms with van der Waals surface area (Å²) in [5.41, 5.74) is 2.39. The van der Waals surface area contributed by atoms with Crippen LogP contribution in [0.1, 0.15) is 39.0 Å². The second-order valence-corrected chi connectivity index (χ2v) is 6.13. The van der Waals surface area contributed by atoms with E-state index in [0.29, 0.717) is 19.8 Å². The molecule has 0 spiro atoms. The van der Waals surface area contributed by atoms with Crippen LogP contribution in [0.15, 0.2) is 35.9 Å². The number of ether oxygens (including phenoxy) is 2. The Morgan fingerprint density at radius 1 is 1.16 bits per heavy atom. The molecule has 5 heteroatoms. The minimum absolute atomic E-state index is 0.0217. The summed E-state index contributed by atoms with van der Waals surface area (Å²) in [6.07, 6.45) is 8.26. The van der Waals surface area contributed by atoms with Crippen molar-refractivity contribution in [2.24, 2.45) is 0 Å². The zero-order valence-corrected chi connectivity index (χ0v) is 15.2. The molecule has 1 aromatic carbocycles. The number of benzene rings is 1. The van der Waals surface area contributed by atoms with Crippen molar-refractivity contribution in [3.05, 3.63) is 35.9 Å². The monoisotopic (exact) mass is 346 g/mol. The molecular formula is C20H30N2O3. The van der Waals surface area contributed by atoms with Crippen LogP contribution in [-0.2, 0) is 9.53 Å². The van der Waals surface area contributed by atoms with Gasteiger partial charge in [-0.2, -0.15) is 0 Å². The molecule has 0 unspecified atom stereocenters. The first kappa shape index (κ1) is 19.3. The van der Waals surface area contributed by atoms with Gasteiger partial charge in [-0.1, -0.05) is 11.6 Å². The molecule has 25 heavy (non-hydrogen) atoms. The second-order valence-electron chi connectivity index (χ2n) is 6.13. The highest BCUT2D eigenvalue weighted by Crippen LogP contribution is 2.19. The predicted molar refractivity (Wildman–Crippen MR) is 101 cm³/mol. The van der Waals surface area contributed by atoms with E-state index in [4.69, 9.17) is 9.47 Å². The lowest BCUT2D eigenvalue weighted by atomic mass is 9.97. The van der Waals surface area contributed by atoms with E-state index in [2.05, 4.69) is 16.7 Å². The smallest absolute Gasteiger partial charge is 0.239 e. The van der Waals surface area contributed by atoms with Crippen molar-refractivity contribution in [3.63, 3.8) is 0 Å². The van der Waals surface area contributed by atoms with Crippen molar-refractivity contribution in [2.45, 2.75) is 39.0 Å². The molecule has 2 rings (SSSR count). The maximum atomic E-state index is 11.9. The Morgan fingerprint density at radius 3 is 2.72 bits per heavy atom. The standard InChI is InChI=1S/C20H30N2O3/c1-2-24-14-15-25-19-10-8-18(9-11-19)22-16-20(23)21-13-12-17-6-4-3-5-7-17/h6,8-11,22H,2-5,7,12-16H2,1H3,(H,21,23). The van der Waals surface area contributed by atoms with Gasteiger partial charge >= 0.3 is 0 Å². The third-order valence-corrected chi connectivity index (χ3v) is 4.16. The average Bonchev–Trinajstić information content (AvgIpc) is 2.65. The van der Waals surface area contributed by atoms with E-state index in [0.717, 1.165) is 24.4 Å². The SMILES string of the molecule is CCOCCOc1ccc(NCC(=O)NCCC2=CCCCC2)cc1. The Labute approximate surface area is 150 Å². The van der Waals surface area contributed by atoms with Crippen LogP contribution in [0.4, 0.5) is 5.69 Å². The molecule has 0 atom stereocenters. The summed E-state index contributed by atoms with van der Waals surface area (Å²) >= 11 is 0. The number of amides is 1. The molecule has 0 radical (unpaired) electrons. The third kappa shape index (κ3) is 8.07. The summed E-state index contributed by atoms with van der Waals surface area (Å²) in [5.74, 6) is 0.823. The summed E-state index contributed by atoms with van der Waals surface area (Å²) in [5, 5.41) is 6.10. The van der Waals surface area contributed by atoms with Gasteiger partial charge in [-0.3, -0.25) is 4.79 Å². The molecule has 2 N–H and O–H groups in total. The molecule has 1 aromatic rings. The minimum atomic E-state index is 0.0217. The second kappa shape index (κ2) is 11.5. The quantitative estimate of drug-likeness (QED) is 0.475. The van der Waals surface area contributed by atoms with E-state index >= 15 is 0 Å². The highest BCUT2D eigenvalue weighted by atomic mass is 16.5. The molecule has 0 fully saturated rings. The number of carbonyl (C=O) groups excluding carboxylic acids is 1. The van der Waals surface area contributed by atoms with Gasteiger partial charge in [-0.05, 0) is 63.3 Å². The van der Waals surface area contributed by atoms with Crippen molar-refractivity contribution >= 4 is 11.6 Å². The van der Waals surface area contributed by atoms with Crippen molar-refractivity contribution in [1.82, 2.24) is 5.32 Å². The Morgan fingerprint density at radius 2 is 2.00 bits per heavy atom. The van der Waals surface area contributed by atoms with E-state index < -0.39 is 0 Å². The van der Waals surface area contributed by atoms with Gasteiger partial charge in [0, 0.05) is 18.8 Å². The Hall–Kier alpha value is -2.01. The van der Waals surface area contributed by atoms with E-state index in [1.165, 1.54) is 31.3 Å². The maximum absolute atomic E-state index is 11.9. The lowest BCUT2D eigenvalue weighted by molar-refractivity contribution is -0.119. The number of anilines is 1. The van der Waals surface area contributed by atoms with Crippen LogP contribution in [0.25, 0.3) is 0 Å². The van der Waals surface area contributed by atoms with Crippen molar-refractivity contribution in [3.8, 4) is 5.75 Å². The molecule has 0 aliphatic heterocycles. The molecule has 5 nitrogen and oxygen atoms in total. The first-order chi connectivity index (χ1) is 12.3. The number of carbonyl (C=O) groups is 1. The number of rotatable bonds is 11. The van der Waals surface area contributed by atoms with Gasteiger partial charge in [0.15, 0.2) is 0 Å². The van der Waals surface area contributed by atoms with Gasteiger partial charge < -0.3 is 20.1 Å². The maximum Gasteiger partial charge on any atom is 0.239 e. The van der Waals surface area contributed by atoms with Crippen LogP contribution in [0, 0.1) is 0 Å². The fourth-order valence-corrected chi connectivity index (χ4v) is 2.77. The zero-order valence-electron chi connectivity index (χ0n) is 15.2. The molecule has 0 bridgehead atoms. The van der Waals surface area contributed by atoms with E-state index in [1.54, 1.807) is 0 Å². The van der Waals surface area contributed by atoms with Crippen LogP contribution in [0.2, 0.25) is 0 Å². The topological polar surface area (TPSA) is 59.6 Å². The molecule has 1 amide bonds. The molecule has 1 aliphatic rings. The van der Waals surface area contributed by atoms with Crippen LogP contribution in [0.3, 0.4) is 0 Å². The Bertz CT molecular complexity index is 540. The van der Waals surface area contributed by atoms with E-state index in [1.807, 2.05) is 31.2 Å². The van der Waals surface area contributed by atoms with Crippen LogP contribution >= 0.6 is 0 Å². The van der Waals surface area contributed by atoms with Gasteiger partial charge in [0.05, 0.1) is 13.2 Å². The highest BCUT2D eigenvalue weighted by Gasteiger charge is 2.05. The summed E-state index contributed by atoms with van der Waals surface area (Å²) in [6, 6.07) is 7.61.